The van der Waals surface area contributed by atoms with E-state index in [1.807, 2.05) is 0 Å². The van der Waals surface area contributed by atoms with Crippen molar-refractivity contribution in [3.8, 4) is 0 Å². The van der Waals surface area contributed by atoms with E-state index in [0.717, 1.165) is 0 Å². The van der Waals surface area contributed by atoms with Gasteiger partial charge in [0.25, 0.3) is 0 Å². The first-order valence-electron chi connectivity index (χ1n) is 4.77. The van der Waals surface area contributed by atoms with E-state index in [-0.39, 0.29) is 12.2 Å². The standard InChI is InChI=1S/C9H16O6/c1-4(11)2-5-7(12)8(13)6(3-10)15-9(5)14/h5-10,12-14H,2-3H2,1H3/t5-,6-,7-,8-,9?/m1/s1. The van der Waals surface area contributed by atoms with Crippen LogP contribution in [0.2, 0.25) is 0 Å². The Morgan fingerprint density at radius 3 is 2.33 bits per heavy atom. The molecule has 0 aromatic rings. The Bertz CT molecular complexity index is 231. The highest BCUT2D eigenvalue weighted by Gasteiger charge is 2.43. The van der Waals surface area contributed by atoms with Crippen molar-refractivity contribution in [2.75, 3.05) is 6.61 Å². The van der Waals surface area contributed by atoms with Crippen LogP contribution in [0.3, 0.4) is 0 Å². The topological polar surface area (TPSA) is 107 Å². The van der Waals surface area contributed by atoms with E-state index in [4.69, 9.17) is 9.84 Å². The van der Waals surface area contributed by atoms with Crippen LogP contribution in [0.25, 0.3) is 0 Å². The number of carbonyl (C=O) groups is 1. The second-order valence-corrected chi connectivity index (χ2v) is 3.80. The average molecular weight is 220 g/mol. The molecule has 1 aliphatic rings. The van der Waals surface area contributed by atoms with E-state index in [1.165, 1.54) is 6.92 Å². The number of aliphatic hydroxyl groups excluding tert-OH is 4. The van der Waals surface area contributed by atoms with Gasteiger partial charge in [0.1, 0.15) is 18.0 Å². The van der Waals surface area contributed by atoms with Crippen molar-refractivity contribution < 1.29 is 30.0 Å². The highest BCUT2D eigenvalue weighted by Crippen LogP contribution is 2.27. The molecule has 0 aromatic carbocycles. The van der Waals surface area contributed by atoms with Gasteiger partial charge in [-0.15, -0.1) is 0 Å². The zero-order valence-electron chi connectivity index (χ0n) is 8.41. The van der Waals surface area contributed by atoms with Gasteiger partial charge >= 0.3 is 0 Å². The smallest absolute Gasteiger partial charge is 0.160 e. The lowest BCUT2D eigenvalue weighted by Gasteiger charge is -2.39. The van der Waals surface area contributed by atoms with E-state index in [9.17, 15) is 20.1 Å². The second kappa shape index (κ2) is 5.00. The molecule has 6 nitrogen and oxygen atoms in total. The Labute approximate surface area is 87.1 Å². The molecule has 0 amide bonds. The summed E-state index contributed by atoms with van der Waals surface area (Å²) in [4.78, 5) is 10.9. The van der Waals surface area contributed by atoms with Crippen molar-refractivity contribution in [1.29, 1.82) is 0 Å². The van der Waals surface area contributed by atoms with Crippen LogP contribution < -0.4 is 0 Å². The van der Waals surface area contributed by atoms with Gasteiger partial charge in [0, 0.05) is 12.3 Å². The van der Waals surface area contributed by atoms with E-state index >= 15 is 0 Å². The van der Waals surface area contributed by atoms with Gasteiger partial charge in [0.05, 0.1) is 12.7 Å². The van der Waals surface area contributed by atoms with Crippen molar-refractivity contribution in [2.45, 2.75) is 37.9 Å². The molecule has 0 aliphatic carbocycles. The van der Waals surface area contributed by atoms with E-state index < -0.39 is 37.1 Å². The fourth-order valence-corrected chi connectivity index (χ4v) is 1.71. The number of ketones is 1. The van der Waals surface area contributed by atoms with Gasteiger partial charge in [-0.05, 0) is 6.92 Å². The number of carbonyl (C=O) groups excluding carboxylic acids is 1. The summed E-state index contributed by atoms with van der Waals surface area (Å²) in [6.07, 6.45) is -4.99. The third-order valence-electron chi connectivity index (χ3n) is 2.55. The fraction of sp³-hybridized carbons (Fsp3) is 0.889. The summed E-state index contributed by atoms with van der Waals surface area (Å²) < 4.78 is 4.87. The highest BCUT2D eigenvalue weighted by molar-refractivity contribution is 5.75. The minimum atomic E-state index is -1.34. The monoisotopic (exact) mass is 220 g/mol. The normalized spacial score (nSPS) is 41.5. The third kappa shape index (κ3) is 2.73. The van der Waals surface area contributed by atoms with Crippen molar-refractivity contribution >= 4 is 5.78 Å². The molecule has 1 fully saturated rings. The van der Waals surface area contributed by atoms with Gasteiger partial charge in [-0.2, -0.15) is 0 Å². The number of Topliss-reactive ketones (excluding diaryl/α,β-unsaturated/α-hetero) is 1. The van der Waals surface area contributed by atoms with Crippen molar-refractivity contribution in [3.05, 3.63) is 0 Å². The predicted octanol–water partition coefficient (Wildman–Crippen LogP) is -1.99. The zero-order chi connectivity index (χ0) is 11.6. The maximum absolute atomic E-state index is 10.9. The van der Waals surface area contributed by atoms with Crippen LogP contribution in [-0.2, 0) is 9.53 Å². The molecule has 0 saturated carbocycles. The van der Waals surface area contributed by atoms with Gasteiger partial charge in [-0.25, -0.2) is 0 Å². The van der Waals surface area contributed by atoms with Gasteiger partial charge in [-0.1, -0.05) is 0 Å². The minimum absolute atomic E-state index is 0.0719. The molecule has 1 saturated heterocycles. The summed E-state index contributed by atoms with van der Waals surface area (Å²) in [5.74, 6) is -1.06. The van der Waals surface area contributed by atoms with Gasteiger partial charge < -0.3 is 30.0 Å². The molecule has 1 unspecified atom stereocenters. The molecule has 1 aliphatic heterocycles. The molecule has 5 atom stereocenters. The van der Waals surface area contributed by atoms with Crippen LogP contribution in [-0.4, -0.2) is 57.4 Å². The molecule has 0 radical (unpaired) electrons. The molecule has 88 valence electrons. The lowest BCUT2D eigenvalue weighted by atomic mass is 9.87. The molecule has 0 spiro atoms. The molecule has 4 N–H and O–H groups in total. The Morgan fingerprint density at radius 1 is 1.27 bits per heavy atom. The maximum Gasteiger partial charge on any atom is 0.160 e. The Kier molecular flexibility index (Phi) is 4.18. The molecule has 0 aromatic heterocycles. The lowest BCUT2D eigenvalue weighted by molar-refractivity contribution is -0.269. The van der Waals surface area contributed by atoms with Crippen LogP contribution in [0.5, 0.6) is 0 Å². The molecule has 15 heavy (non-hydrogen) atoms. The van der Waals surface area contributed by atoms with Gasteiger partial charge in [0.15, 0.2) is 6.29 Å². The molecule has 1 rings (SSSR count). The van der Waals surface area contributed by atoms with Crippen LogP contribution in [0.15, 0.2) is 0 Å². The van der Waals surface area contributed by atoms with E-state index in [0.29, 0.717) is 0 Å². The summed E-state index contributed by atoms with van der Waals surface area (Å²) >= 11 is 0. The van der Waals surface area contributed by atoms with Gasteiger partial charge in [-0.3, -0.25) is 0 Å². The number of hydrogen-bond acceptors (Lipinski definition) is 6. The number of hydrogen-bond donors (Lipinski definition) is 4. The molecule has 6 heteroatoms. The minimum Gasteiger partial charge on any atom is -0.394 e. The third-order valence-corrected chi connectivity index (χ3v) is 2.55. The summed E-state index contributed by atoms with van der Waals surface area (Å²) in [6, 6.07) is 0. The Morgan fingerprint density at radius 2 is 1.87 bits per heavy atom. The average Bonchev–Trinajstić information content (AvgIpc) is 2.18. The van der Waals surface area contributed by atoms with E-state index in [2.05, 4.69) is 0 Å². The van der Waals surface area contributed by atoms with Crippen molar-refractivity contribution in [1.82, 2.24) is 0 Å². The fourth-order valence-electron chi connectivity index (χ4n) is 1.71. The van der Waals surface area contributed by atoms with Crippen molar-refractivity contribution in [2.24, 2.45) is 5.92 Å². The molecular formula is C9H16O6. The summed E-state index contributed by atoms with van der Waals surface area (Å²) in [5, 5.41) is 37.3. The van der Waals surface area contributed by atoms with Crippen LogP contribution in [0, 0.1) is 5.92 Å². The Hall–Kier alpha value is -0.530. The van der Waals surface area contributed by atoms with Crippen LogP contribution in [0.4, 0.5) is 0 Å². The maximum atomic E-state index is 10.9. The predicted molar refractivity (Wildman–Crippen MR) is 48.8 cm³/mol. The molecular weight excluding hydrogens is 204 g/mol. The van der Waals surface area contributed by atoms with Crippen LogP contribution in [0.1, 0.15) is 13.3 Å². The molecule has 0 bridgehead atoms. The number of aliphatic hydroxyl groups is 4. The first kappa shape index (κ1) is 12.5. The summed E-state index contributed by atoms with van der Waals surface area (Å²) in [6.45, 7) is 0.825. The SMILES string of the molecule is CC(=O)C[C@H]1C(O)O[C@H](CO)[C@@H](O)[C@@H]1O. The molecule has 1 heterocycles. The largest absolute Gasteiger partial charge is 0.394 e. The summed E-state index contributed by atoms with van der Waals surface area (Å²) in [7, 11) is 0. The number of rotatable bonds is 3. The van der Waals surface area contributed by atoms with Crippen LogP contribution >= 0.6 is 0 Å². The quantitative estimate of drug-likeness (QED) is 0.439. The second-order valence-electron chi connectivity index (χ2n) is 3.80. The number of ether oxygens (including phenoxy) is 1. The summed E-state index contributed by atoms with van der Waals surface area (Å²) in [5.41, 5.74) is 0. The highest BCUT2D eigenvalue weighted by atomic mass is 16.6. The Balaban J connectivity index is 2.70. The first-order chi connectivity index (χ1) is 6.97. The first-order valence-corrected chi connectivity index (χ1v) is 4.77. The van der Waals surface area contributed by atoms with E-state index in [1.54, 1.807) is 0 Å². The lowest BCUT2D eigenvalue weighted by Crippen LogP contribution is -2.55. The zero-order valence-corrected chi connectivity index (χ0v) is 8.41. The van der Waals surface area contributed by atoms with Gasteiger partial charge in [0.2, 0.25) is 0 Å². The van der Waals surface area contributed by atoms with Crippen molar-refractivity contribution in [3.63, 3.8) is 0 Å².